The Balaban J connectivity index is 1.87. The van der Waals surface area contributed by atoms with E-state index in [4.69, 9.17) is 9.47 Å². The molecule has 5 nitrogen and oxygen atoms in total. The van der Waals surface area contributed by atoms with E-state index in [-0.39, 0.29) is 5.78 Å². The monoisotopic (exact) mass is 526 g/mol. The Morgan fingerprint density at radius 3 is 1.65 bits per heavy atom. The highest BCUT2D eigenvalue weighted by Crippen LogP contribution is 2.61. The van der Waals surface area contributed by atoms with Crippen molar-refractivity contribution in [2.45, 2.75) is 12.3 Å². The van der Waals surface area contributed by atoms with Gasteiger partial charge in [-0.25, -0.2) is 0 Å². The van der Waals surface area contributed by atoms with Gasteiger partial charge in [0.25, 0.3) is 0 Å². The lowest BCUT2D eigenvalue weighted by atomic mass is 9.62. The lowest BCUT2D eigenvalue weighted by Crippen LogP contribution is -2.48. The van der Waals surface area contributed by atoms with Crippen molar-refractivity contribution in [3.8, 4) is 0 Å². The van der Waals surface area contributed by atoms with E-state index in [2.05, 4.69) is 18.2 Å². The molecule has 0 heterocycles. The predicted molar refractivity (Wildman–Crippen MR) is 154 cm³/mol. The van der Waals surface area contributed by atoms with Crippen LogP contribution in [0.25, 0.3) is 22.3 Å². The fourth-order valence-corrected chi connectivity index (χ4v) is 6.14. The largest absolute Gasteiger partial charge is 0.468 e. The number of Topliss-reactive ketones (excluding diaryl/α,β-unsaturated/α-hetero) is 1. The Kier molecular flexibility index (Phi) is 6.07. The first-order valence-electron chi connectivity index (χ1n) is 13.0. The second-order valence-corrected chi connectivity index (χ2v) is 9.82. The zero-order chi connectivity index (χ0) is 28.0. The summed E-state index contributed by atoms with van der Waals surface area (Å²) >= 11 is 0. The average molecular weight is 527 g/mol. The number of carbonyl (C=O) groups is 3. The van der Waals surface area contributed by atoms with E-state index in [1.807, 2.05) is 54.6 Å². The van der Waals surface area contributed by atoms with E-state index in [9.17, 15) is 14.4 Å². The summed E-state index contributed by atoms with van der Waals surface area (Å²) in [5.41, 5.74) is 6.56. The Morgan fingerprint density at radius 1 is 0.550 bits per heavy atom. The smallest absolute Gasteiger partial charge is 0.332 e. The molecule has 0 aromatic heterocycles. The summed E-state index contributed by atoms with van der Waals surface area (Å²) in [6, 6.07) is 32.6. The van der Waals surface area contributed by atoms with E-state index >= 15 is 0 Å². The number of rotatable bonds is 5. The molecule has 6 rings (SSSR count). The van der Waals surface area contributed by atoms with E-state index < -0.39 is 17.4 Å². The van der Waals surface area contributed by atoms with Gasteiger partial charge in [0.1, 0.15) is 0 Å². The molecule has 0 N–H and O–H groups in total. The molecule has 0 spiro atoms. The van der Waals surface area contributed by atoms with Crippen molar-refractivity contribution in [2.24, 2.45) is 0 Å². The number of allylic oxidation sites excluding steroid dienone is 2. The first kappa shape index (κ1) is 25.3. The van der Waals surface area contributed by atoms with E-state index in [0.717, 1.165) is 39.0 Å². The van der Waals surface area contributed by atoms with Crippen molar-refractivity contribution in [1.29, 1.82) is 0 Å². The third-order valence-electron chi connectivity index (χ3n) is 7.82. The summed E-state index contributed by atoms with van der Waals surface area (Å²) in [6.07, 6.45) is 0. The van der Waals surface area contributed by atoms with Gasteiger partial charge in [-0.15, -0.1) is 0 Å². The molecule has 5 heteroatoms. The van der Waals surface area contributed by atoms with Crippen LogP contribution in [0, 0.1) is 0 Å². The maximum atomic E-state index is 14.0. The number of carbonyl (C=O) groups excluding carboxylic acids is 3. The minimum absolute atomic E-state index is 0.0800. The van der Waals surface area contributed by atoms with Crippen LogP contribution in [0.1, 0.15) is 50.7 Å². The normalized spacial score (nSPS) is 14.7. The van der Waals surface area contributed by atoms with Gasteiger partial charge in [0.15, 0.2) is 5.78 Å². The second kappa shape index (κ2) is 9.62. The molecule has 2 aliphatic rings. The maximum Gasteiger partial charge on any atom is 0.332 e. The van der Waals surface area contributed by atoms with Crippen LogP contribution >= 0.6 is 0 Å². The third-order valence-corrected chi connectivity index (χ3v) is 7.82. The number of hydrogen-bond donors (Lipinski definition) is 0. The summed E-state index contributed by atoms with van der Waals surface area (Å²) in [5, 5.41) is 0. The first-order valence-corrected chi connectivity index (χ1v) is 13.0. The molecule has 0 saturated heterocycles. The molecule has 0 bridgehead atoms. The Bertz CT molecular complexity index is 1740. The Hall–Kier alpha value is -5.03. The van der Waals surface area contributed by atoms with Crippen LogP contribution < -0.4 is 0 Å². The number of hydrogen-bond acceptors (Lipinski definition) is 5. The summed E-state index contributed by atoms with van der Waals surface area (Å²) in [6.45, 7) is 1.50. The molecule has 40 heavy (non-hydrogen) atoms. The highest BCUT2D eigenvalue weighted by molar-refractivity contribution is 6.37. The highest BCUT2D eigenvalue weighted by atomic mass is 16.5. The van der Waals surface area contributed by atoms with E-state index in [1.165, 1.54) is 21.1 Å². The number of ketones is 1. The molecule has 4 aromatic rings. The van der Waals surface area contributed by atoms with Gasteiger partial charge in [-0.3, -0.25) is 14.4 Å². The van der Waals surface area contributed by atoms with Gasteiger partial charge >= 0.3 is 11.9 Å². The van der Waals surface area contributed by atoms with Gasteiger partial charge in [-0.05, 0) is 57.0 Å². The topological polar surface area (TPSA) is 69.7 Å². The van der Waals surface area contributed by atoms with Crippen LogP contribution in [0.2, 0.25) is 0 Å². The molecule has 0 radical (unpaired) electrons. The van der Waals surface area contributed by atoms with Crippen LogP contribution in [0.15, 0.2) is 103 Å². The van der Waals surface area contributed by atoms with Crippen molar-refractivity contribution in [1.82, 2.24) is 0 Å². The number of fused-ring (bicyclic) bond motifs is 5. The van der Waals surface area contributed by atoms with E-state index in [1.54, 1.807) is 30.3 Å². The van der Waals surface area contributed by atoms with Crippen molar-refractivity contribution in [3.05, 3.63) is 142 Å². The van der Waals surface area contributed by atoms with Crippen molar-refractivity contribution >= 4 is 40.0 Å². The average Bonchev–Trinajstić information content (AvgIpc) is 3.35. The molecule has 0 saturated carbocycles. The van der Waals surface area contributed by atoms with Crippen LogP contribution in [0.3, 0.4) is 0 Å². The molecule has 0 fully saturated rings. The summed E-state index contributed by atoms with van der Waals surface area (Å²) in [4.78, 5) is 40.2. The van der Waals surface area contributed by atoms with Gasteiger partial charge < -0.3 is 9.47 Å². The Labute approximate surface area is 232 Å². The number of benzene rings is 4. The number of methoxy groups -OCH3 is 2. The quantitative estimate of drug-likeness (QED) is 0.172. The summed E-state index contributed by atoms with van der Waals surface area (Å²) in [7, 11) is 2.56. The summed E-state index contributed by atoms with van der Waals surface area (Å²) < 4.78 is 10.8. The molecule has 0 atom stereocenters. The standard InChI is InChI=1S/C35H26O5/c1-21(36)22-17-19-24(20-18-22)32-31-26-14-8-7-13-25(26)29(23-11-5-4-6-12-23)30(31)27-15-9-10-16-28(27)35(32,33(37)39-2)34(38)40-3/h4-20H,1-3H3. The zero-order valence-electron chi connectivity index (χ0n) is 22.4. The van der Waals surface area contributed by atoms with Crippen molar-refractivity contribution in [2.75, 3.05) is 14.2 Å². The van der Waals surface area contributed by atoms with Gasteiger partial charge in [-0.1, -0.05) is 103 Å². The molecule has 0 aliphatic heterocycles. The maximum absolute atomic E-state index is 14.0. The van der Waals surface area contributed by atoms with E-state index in [0.29, 0.717) is 22.3 Å². The number of esters is 2. The molecule has 0 amide bonds. The van der Waals surface area contributed by atoms with Crippen LogP contribution in [0.5, 0.6) is 0 Å². The molecule has 2 aliphatic carbocycles. The van der Waals surface area contributed by atoms with Gasteiger partial charge in [-0.2, -0.15) is 0 Å². The van der Waals surface area contributed by atoms with Crippen LogP contribution in [-0.4, -0.2) is 31.9 Å². The minimum Gasteiger partial charge on any atom is -0.468 e. The fourth-order valence-electron chi connectivity index (χ4n) is 6.14. The Morgan fingerprint density at radius 2 is 1.07 bits per heavy atom. The SMILES string of the molecule is COC(=O)C1(C(=O)OC)C(c2ccc(C(C)=O)cc2)=C2C(=C(c3ccccc3)c3ccccc32)c2ccccc21. The second-order valence-electron chi connectivity index (χ2n) is 9.82. The van der Waals surface area contributed by atoms with Crippen LogP contribution in [-0.2, 0) is 24.5 Å². The molecule has 196 valence electrons. The lowest BCUT2D eigenvalue weighted by Gasteiger charge is -2.38. The predicted octanol–water partition coefficient (Wildman–Crippen LogP) is 6.37. The first-order chi connectivity index (χ1) is 19.4. The summed E-state index contributed by atoms with van der Waals surface area (Å²) in [5.74, 6) is -1.56. The molecule has 4 aromatic carbocycles. The zero-order valence-corrected chi connectivity index (χ0v) is 22.4. The minimum atomic E-state index is -1.91. The molecular formula is C35H26O5. The fraction of sp³-hybridized carbons (Fsp3) is 0.114. The van der Waals surface area contributed by atoms with Gasteiger partial charge in [0.05, 0.1) is 14.2 Å². The van der Waals surface area contributed by atoms with Gasteiger partial charge in [0.2, 0.25) is 5.41 Å². The number of ether oxygens (including phenoxy) is 2. The van der Waals surface area contributed by atoms with Crippen LogP contribution in [0.4, 0.5) is 0 Å². The highest BCUT2D eigenvalue weighted by Gasteiger charge is 2.59. The molecule has 0 unspecified atom stereocenters. The van der Waals surface area contributed by atoms with Crippen molar-refractivity contribution in [3.63, 3.8) is 0 Å². The lowest BCUT2D eigenvalue weighted by molar-refractivity contribution is -0.158. The van der Waals surface area contributed by atoms with Crippen molar-refractivity contribution < 1.29 is 23.9 Å². The molecular weight excluding hydrogens is 500 g/mol. The van der Waals surface area contributed by atoms with Gasteiger partial charge in [0, 0.05) is 11.1 Å². The third kappa shape index (κ3) is 3.44.